The monoisotopic (exact) mass is 196 g/mol. The fraction of sp³-hybridized carbons (Fsp3) is 0.600. The van der Waals surface area contributed by atoms with Gasteiger partial charge in [-0.05, 0) is 6.42 Å². The van der Waals surface area contributed by atoms with E-state index in [1.165, 1.54) is 0 Å². The van der Waals surface area contributed by atoms with Crippen molar-refractivity contribution in [3.8, 4) is 0 Å². The maximum absolute atomic E-state index is 10.7. The maximum Gasteiger partial charge on any atom is 0.168 e. The van der Waals surface area contributed by atoms with Gasteiger partial charge in [0.05, 0.1) is 25.2 Å². The molecule has 78 valence electrons. The van der Waals surface area contributed by atoms with Gasteiger partial charge >= 0.3 is 0 Å². The lowest BCUT2D eigenvalue weighted by molar-refractivity contribution is 0.110. The number of ether oxygens (including phenoxy) is 1. The summed E-state index contributed by atoms with van der Waals surface area (Å²) in [6.45, 7) is 2.73. The molecule has 0 saturated carbocycles. The minimum atomic E-state index is 0.215. The first-order chi connectivity index (χ1) is 6.83. The van der Waals surface area contributed by atoms with Gasteiger partial charge in [0.25, 0.3) is 0 Å². The second kappa shape index (κ2) is 5.54. The summed E-state index contributed by atoms with van der Waals surface area (Å²) in [6, 6.07) is 0.215. The number of hydrogen-bond donors (Lipinski definition) is 0. The third-order valence-electron chi connectivity index (χ3n) is 2.19. The Kier molecular flexibility index (Phi) is 4.32. The second-order valence-corrected chi connectivity index (χ2v) is 3.24. The van der Waals surface area contributed by atoms with E-state index in [4.69, 9.17) is 4.74 Å². The van der Waals surface area contributed by atoms with Crippen LogP contribution in [0.3, 0.4) is 0 Å². The number of methoxy groups -OCH3 is 1. The molecule has 1 unspecified atom stereocenters. The molecule has 0 fully saturated rings. The number of imidazole rings is 1. The summed E-state index contributed by atoms with van der Waals surface area (Å²) in [5.41, 5.74) is 0.612. The molecule has 1 rings (SSSR count). The van der Waals surface area contributed by atoms with Crippen LogP contribution < -0.4 is 0 Å². The van der Waals surface area contributed by atoms with E-state index in [2.05, 4.69) is 11.9 Å². The van der Waals surface area contributed by atoms with E-state index in [1.807, 2.05) is 4.57 Å². The van der Waals surface area contributed by atoms with Crippen molar-refractivity contribution in [3.05, 3.63) is 18.2 Å². The molecule has 0 spiro atoms. The fourth-order valence-electron chi connectivity index (χ4n) is 1.54. The van der Waals surface area contributed by atoms with Gasteiger partial charge in [-0.2, -0.15) is 0 Å². The molecule has 0 aliphatic heterocycles. The molecule has 1 aromatic rings. The van der Waals surface area contributed by atoms with Crippen molar-refractivity contribution in [1.29, 1.82) is 0 Å². The minimum absolute atomic E-state index is 0.215. The van der Waals surface area contributed by atoms with Crippen LogP contribution in [0.4, 0.5) is 0 Å². The first-order valence-electron chi connectivity index (χ1n) is 4.79. The number of carbonyl (C=O) groups is 1. The van der Waals surface area contributed by atoms with Crippen molar-refractivity contribution >= 4 is 6.29 Å². The van der Waals surface area contributed by atoms with Gasteiger partial charge < -0.3 is 9.30 Å². The molecule has 1 heterocycles. The molecule has 4 nitrogen and oxygen atoms in total. The van der Waals surface area contributed by atoms with Crippen LogP contribution in [-0.4, -0.2) is 29.6 Å². The number of hydrogen-bond acceptors (Lipinski definition) is 3. The number of nitrogens with zero attached hydrogens (tertiary/aromatic N) is 2. The first kappa shape index (κ1) is 10.9. The highest BCUT2D eigenvalue weighted by molar-refractivity contribution is 5.71. The number of aldehydes is 1. The summed E-state index contributed by atoms with van der Waals surface area (Å²) in [4.78, 5) is 14.7. The van der Waals surface area contributed by atoms with Crippen molar-refractivity contribution < 1.29 is 9.53 Å². The normalized spacial score (nSPS) is 12.7. The van der Waals surface area contributed by atoms with Gasteiger partial charge in [-0.3, -0.25) is 4.79 Å². The zero-order chi connectivity index (χ0) is 10.4. The van der Waals surface area contributed by atoms with Gasteiger partial charge in [0, 0.05) is 7.11 Å². The van der Waals surface area contributed by atoms with Crippen molar-refractivity contribution in [2.45, 2.75) is 25.8 Å². The Hall–Kier alpha value is -1.16. The van der Waals surface area contributed by atoms with Gasteiger partial charge in [0.1, 0.15) is 5.69 Å². The average molecular weight is 196 g/mol. The molecular weight excluding hydrogens is 180 g/mol. The lowest BCUT2D eigenvalue weighted by atomic mass is 10.2. The summed E-state index contributed by atoms with van der Waals surface area (Å²) in [6.07, 6.45) is 6.13. The van der Waals surface area contributed by atoms with Crippen molar-refractivity contribution in [2.75, 3.05) is 13.7 Å². The molecule has 0 radical (unpaired) electrons. The highest BCUT2D eigenvalue weighted by Crippen LogP contribution is 2.15. The van der Waals surface area contributed by atoms with Gasteiger partial charge in [0.15, 0.2) is 6.29 Å². The third-order valence-corrected chi connectivity index (χ3v) is 2.19. The highest BCUT2D eigenvalue weighted by Gasteiger charge is 2.12. The van der Waals surface area contributed by atoms with Crippen LogP contribution in [0, 0.1) is 0 Å². The zero-order valence-electron chi connectivity index (χ0n) is 8.64. The molecule has 0 saturated heterocycles. The van der Waals surface area contributed by atoms with Crippen molar-refractivity contribution in [2.24, 2.45) is 0 Å². The van der Waals surface area contributed by atoms with Gasteiger partial charge in [-0.1, -0.05) is 13.3 Å². The number of rotatable bonds is 6. The molecule has 0 amide bonds. The summed E-state index contributed by atoms with van der Waals surface area (Å²) < 4.78 is 6.99. The number of aromatic nitrogens is 2. The lowest BCUT2D eigenvalue weighted by Crippen LogP contribution is -2.15. The Labute approximate surface area is 83.9 Å². The third kappa shape index (κ3) is 2.42. The van der Waals surface area contributed by atoms with Gasteiger partial charge in [0.2, 0.25) is 0 Å². The van der Waals surface area contributed by atoms with E-state index in [0.717, 1.165) is 19.1 Å². The average Bonchev–Trinajstić information content (AvgIpc) is 2.65. The van der Waals surface area contributed by atoms with Crippen LogP contribution in [0.2, 0.25) is 0 Å². The van der Waals surface area contributed by atoms with Crippen LogP contribution in [0.25, 0.3) is 0 Å². The molecule has 1 aromatic heterocycles. The SMILES string of the molecule is CCCC(COC)n1cncc1C=O. The molecule has 14 heavy (non-hydrogen) atoms. The summed E-state index contributed by atoms with van der Waals surface area (Å²) in [7, 11) is 1.67. The smallest absolute Gasteiger partial charge is 0.168 e. The van der Waals surface area contributed by atoms with E-state index >= 15 is 0 Å². The van der Waals surface area contributed by atoms with Gasteiger partial charge in [-0.15, -0.1) is 0 Å². The van der Waals surface area contributed by atoms with E-state index in [0.29, 0.717) is 12.3 Å². The molecule has 0 aliphatic rings. The Bertz CT molecular complexity index is 277. The van der Waals surface area contributed by atoms with Crippen molar-refractivity contribution in [1.82, 2.24) is 9.55 Å². The molecule has 0 N–H and O–H groups in total. The van der Waals surface area contributed by atoms with E-state index in [1.54, 1.807) is 19.6 Å². The van der Waals surface area contributed by atoms with Crippen LogP contribution >= 0.6 is 0 Å². The Morgan fingerprint density at radius 2 is 2.50 bits per heavy atom. The fourth-order valence-corrected chi connectivity index (χ4v) is 1.54. The lowest BCUT2D eigenvalue weighted by Gasteiger charge is -2.17. The Morgan fingerprint density at radius 1 is 1.71 bits per heavy atom. The second-order valence-electron chi connectivity index (χ2n) is 3.24. The van der Waals surface area contributed by atoms with Crippen LogP contribution in [0.15, 0.2) is 12.5 Å². The predicted molar refractivity (Wildman–Crippen MR) is 53.4 cm³/mol. The minimum Gasteiger partial charge on any atom is -0.383 e. The molecule has 0 bridgehead atoms. The number of carbonyl (C=O) groups excluding carboxylic acids is 1. The molecule has 0 aliphatic carbocycles. The first-order valence-corrected chi connectivity index (χ1v) is 4.79. The van der Waals surface area contributed by atoms with Gasteiger partial charge in [-0.25, -0.2) is 4.98 Å². The standard InChI is InChI=1S/C10H16N2O2/c1-3-4-9(7-14-2)12-8-11-5-10(12)6-13/h5-6,8-9H,3-4,7H2,1-2H3. The molecule has 4 heteroatoms. The largest absolute Gasteiger partial charge is 0.383 e. The maximum atomic E-state index is 10.7. The highest BCUT2D eigenvalue weighted by atomic mass is 16.5. The Balaban J connectivity index is 2.80. The van der Waals surface area contributed by atoms with Crippen molar-refractivity contribution in [3.63, 3.8) is 0 Å². The van der Waals surface area contributed by atoms with Crippen LogP contribution in [0.5, 0.6) is 0 Å². The summed E-state index contributed by atoms with van der Waals surface area (Å²) >= 11 is 0. The topological polar surface area (TPSA) is 44.1 Å². The zero-order valence-corrected chi connectivity index (χ0v) is 8.64. The quantitative estimate of drug-likeness (QED) is 0.650. The molecule has 1 atom stereocenters. The van der Waals surface area contributed by atoms with E-state index in [-0.39, 0.29) is 6.04 Å². The molecular formula is C10H16N2O2. The summed E-state index contributed by atoms with van der Waals surface area (Å²) in [5.74, 6) is 0. The molecule has 0 aromatic carbocycles. The van der Waals surface area contributed by atoms with Crippen LogP contribution in [-0.2, 0) is 4.74 Å². The van der Waals surface area contributed by atoms with E-state index in [9.17, 15) is 4.79 Å². The summed E-state index contributed by atoms with van der Waals surface area (Å²) in [5, 5.41) is 0. The Morgan fingerprint density at radius 3 is 3.07 bits per heavy atom. The van der Waals surface area contributed by atoms with Crippen LogP contribution in [0.1, 0.15) is 36.3 Å². The predicted octanol–water partition coefficient (Wildman–Crippen LogP) is 1.68. The van der Waals surface area contributed by atoms with E-state index < -0.39 is 0 Å².